The van der Waals surface area contributed by atoms with E-state index in [1.54, 1.807) is 0 Å². The van der Waals surface area contributed by atoms with Gasteiger partial charge in [0.1, 0.15) is 0 Å². The molecular formula is C16H18N6. The van der Waals surface area contributed by atoms with Crippen LogP contribution in [-0.2, 0) is 26.6 Å². The summed E-state index contributed by atoms with van der Waals surface area (Å²) in [5.41, 5.74) is 10.2. The highest BCUT2D eigenvalue weighted by molar-refractivity contribution is 5.81. The van der Waals surface area contributed by atoms with Gasteiger partial charge >= 0.3 is 0 Å². The van der Waals surface area contributed by atoms with E-state index in [1.165, 1.54) is 16.5 Å². The summed E-state index contributed by atoms with van der Waals surface area (Å²) in [5, 5.41) is 5.90. The first-order valence-corrected chi connectivity index (χ1v) is 7.44. The van der Waals surface area contributed by atoms with Crippen molar-refractivity contribution in [2.45, 2.75) is 19.5 Å². The summed E-state index contributed by atoms with van der Waals surface area (Å²) in [5.74, 6) is 0.364. The zero-order valence-corrected chi connectivity index (χ0v) is 12.5. The van der Waals surface area contributed by atoms with Crippen LogP contribution in [0.2, 0.25) is 0 Å². The Morgan fingerprint density at radius 1 is 1.27 bits per heavy atom. The van der Waals surface area contributed by atoms with Crippen LogP contribution >= 0.6 is 0 Å². The van der Waals surface area contributed by atoms with Gasteiger partial charge in [-0.3, -0.25) is 9.58 Å². The summed E-state index contributed by atoms with van der Waals surface area (Å²) < 4.78 is 1.95. The quantitative estimate of drug-likeness (QED) is 0.775. The fourth-order valence-electron chi connectivity index (χ4n) is 3.14. The second-order valence-electron chi connectivity index (χ2n) is 5.75. The monoisotopic (exact) mass is 294 g/mol. The Kier molecular flexibility index (Phi) is 3.04. The van der Waals surface area contributed by atoms with Crippen molar-refractivity contribution in [3.8, 4) is 0 Å². The Balaban J connectivity index is 1.60. The lowest BCUT2D eigenvalue weighted by Crippen LogP contribution is -2.31. The van der Waals surface area contributed by atoms with E-state index in [1.807, 2.05) is 24.0 Å². The molecule has 3 aromatic rings. The summed E-state index contributed by atoms with van der Waals surface area (Å²) in [6, 6.07) is 8.36. The third-order valence-corrected chi connectivity index (χ3v) is 4.24. The molecular weight excluding hydrogens is 276 g/mol. The molecule has 0 amide bonds. The van der Waals surface area contributed by atoms with Gasteiger partial charge in [0.15, 0.2) is 0 Å². The largest absolute Gasteiger partial charge is 0.368 e. The van der Waals surface area contributed by atoms with Crippen molar-refractivity contribution in [3.05, 3.63) is 47.4 Å². The third kappa shape index (κ3) is 2.21. The molecule has 0 saturated carbocycles. The van der Waals surface area contributed by atoms with Crippen LogP contribution in [0.4, 0.5) is 5.95 Å². The molecule has 1 aromatic carbocycles. The fraction of sp³-hybridized carbons (Fsp3) is 0.312. The lowest BCUT2D eigenvalue weighted by molar-refractivity contribution is 0.240. The van der Waals surface area contributed by atoms with Crippen LogP contribution in [0, 0.1) is 0 Å². The van der Waals surface area contributed by atoms with Gasteiger partial charge in [-0.05, 0) is 6.07 Å². The molecule has 22 heavy (non-hydrogen) atoms. The average molecular weight is 294 g/mol. The minimum Gasteiger partial charge on any atom is -0.368 e. The van der Waals surface area contributed by atoms with Crippen molar-refractivity contribution in [1.29, 1.82) is 0 Å². The van der Waals surface area contributed by atoms with Crippen molar-refractivity contribution in [1.82, 2.24) is 24.6 Å². The molecule has 0 atom stereocenters. The zero-order valence-electron chi connectivity index (χ0n) is 12.5. The lowest BCUT2D eigenvalue weighted by Gasteiger charge is -2.27. The van der Waals surface area contributed by atoms with Gasteiger partial charge in [0.2, 0.25) is 5.95 Å². The van der Waals surface area contributed by atoms with Crippen molar-refractivity contribution < 1.29 is 0 Å². The Bertz CT molecular complexity index is 838. The molecule has 0 radical (unpaired) electrons. The normalized spacial score (nSPS) is 15.1. The first kappa shape index (κ1) is 13.2. The molecule has 112 valence electrons. The standard InChI is InChI=1S/C16H18N6/c1-21-15-5-3-2-4-12(15)14(20-21)10-22-7-6-13-11(9-22)8-18-16(17)19-13/h2-5,8H,6-7,9-10H2,1H3,(H2,17,18,19). The zero-order chi connectivity index (χ0) is 15.1. The number of aryl methyl sites for hydroxylation is 1. The predicted octanol–water partition coefficient (Wildman–Crippen LogP) is 1.50. The van der Waals surface area contributed by atoms with Gasteiger partial charge in [-0.15, -0.1) is 0 Å². The van der Waals surface area contributed by atoms with E-state index in [-0.39, 0.29) is 0 Å². The molecule has 2 N–H and O–H groups in total. The number of para-hydroxylation sites is 1. The molecule has 3 heterocycles. The molecule has 0 bridgehead atoms. The fourth-order valence-corrected chi connectivity index (χ4v) is 3.14. The summed E-state index contributed by atoms with van der Waals surface area (Å²) in [6.07, 6.45) is 2.76. The van der Waals surface area contributed by atoms with E-state index in [4.69, 9.17) is 5.73 Å². The highest BCUT2D eigenvalue weighted by atomic mass is 15.3. The van der Waals surface area contributed by atoms with Crippen molar-refractivity contribution in [2.75, 3.05) is 12.3 Å². The van der Waals surface area contributed by atoms with Gasteiger partial charge in [0, 0.05) is 50.2 Å². The van der Waals surface area contributed by atoms with E-state index in [0.29, 0.717) is 5.95 Å². The summed E-state index contributed by atoms with van der Waals surface area (Å²) in [4.78, 5) is 10.8. The molecule has 6 nitrogen and oxygen atoms in total. The number of anilines is 1. The van der Waals surface area contributed by atoms with Crippen LogP contribution in [0.15, 0.2) is 30.5 Å². The topological polar surface area (TPSA) is 72.9 Å². The van der Waals surface area contributed by atoms with Crippen LogP contribution in [0.1, 0.15) is 17.0 Å². The molecule has 0 saturated heterocycles. The SMILES string of the molecule is Cn1nc(CN2CCc3nc(N)ncc3C2)c2ccccc21. The van der Waals surface area contributed by atoms with E-state index < -0.39 is 0 Å². The second-order valence-corrected chi connectivity index (χ2v) is 5.75. The molecule has 0 aliphatic carbocycles. The van der Waals surface area contributed by atoms with E-state index in [2.05, 4.69) is 38.2 Å². The van der Waals surface area contributed by atoms with E-state index in [0.717, 1.165) is 37.4 Å². The highest BCUT2D eigenvalue weighted by Crippen LogP contribution is 2.22. The second kappa shape index (κ2) is 5.06. The van der Waals surface area contributed by atoms with Gasteiger partial charge in [0.25, 0.3) is 0 Å². The van der Waals surface area contributed by atoms with Gasteiger partial charge in [-0.25, -0.2) is 9.97 Å². The summed E-state index contributed by atoms with van der Waals surface area (Å²) in [6.45, 7) is 2.65. The number of hydrogen-bond donors (Lipinski definition) is 1. The van der Waals surface area contributed by atoms with Crippen molar-refractivity contribution >= 4 is 16.9 Å². The molecule has 0 unspecified atom stereocenters. The number of nitrogens with zero attached hydrogens (tertiary/aromatic N) is 5. The van der Waals surface area contributed by atoms with Crippen molar-refractivity contribution in [2.24, 2.45) is 7.05 Å². The number of nitrogen functional groups attached to an aromatic ring is 1. The highest BCUT2D eigenvalue weighted by Gasteiger charge is 2.20. The molecule has 1 aliphatic heterocycles. The number of fused-ring (bicyclic) bond motifs is 2. The lowest BCUT2D eigenvalue weighted by atomic mass is 10.1. The van der Waals surface area contributed by atoms with Gasteiger partial charge in [-0.2, -0.15) is 5.10 Å². The Morgan fingerprint density at radius 3 is 3.05 bits per heavy atom. The number of rotatable bonds is 2. The average Bonchev–Trinajstić information content (AvgIpc) is 2.84. The molecule has 4 rings (SSSR count). The third-order valence-electron chi connectivity index (χ3n) is 4.24. The smallest absolute Gasteiger partial charge is 0.220 e. The molecule has 2 aromatic heterocycles. The first-order valence-electron chi connectivity index (χ1n) is 7.44. The summed E-state index contributed by atoms with van der Waals surface area (Å²) >= 11 is 0. The first-order chi connectivity index (χ1) is 10.7. The van der Waals surface area contributed by atoms with Gasteiger partial charge < -0.3 is 5.73 Å². The number of aromatic nitrogens is 4. The maximum Gasteiger partial charge on any atom is 0.220 e. The number of nitrogens with two attached hydrogens (primary N) is 1. The van der Waals surface area contributed by atoms with Crippen LogP contribution in [0.5, 0.6) is 0 Å². The Hall–Kier alpha value is -2.47. The van der Waals surface area contributed by atoms with Crippen molar-refractivity contribution in [3.63, 3.8) is 0 Å². The molecule has 1 aliphatic rings. The van der Waals surface area contributed by atoms with E-state index >= 15 is 0 Å². The minimum absolute atomic E-state index is 0.364. The summed E-state index contributed by atoms with van der Waals surface area (Å²) in [7, 11) is 1.99. The predicted molar refractivity (Wildman–Crippen MR) is 85.0 cm³/mol. The molecule has 0 fully saturated rings. The molecule has 6 heteroatoms. The van der Waals surface area contributed by atoms with Crippen LogP contribution < -0.4 is 5.73 Å². The van der Waals surface area contributed by atoms with E-state index in [9.17, 15) is 0 Å². The minimum atomic E-state index is 0.364. The Labute approximate surface area is 128 Å². The maximum absolute atomic E-state index is 5.66. The van der Waals surface area contributed by atoms with Gasteiger partial charge in [0.05, 0.1) is 16.9 Å². The van der Waals surface area contributed by atoms with Gasteiger partial charge in [-0.1, -0.05) is 18.2 Å². The molecule has 0 spiro atoms. The van der Waals surface area contributed by atoms with Crippen LogP contribution in [0.25, 0.3) is 10.9 Å². The maximum atomic E-state index is 5.66. The number of benzene rings is 1. The van der Waals surface area contributed by atoms with Crippen LogP contribution in [-0.4, -0.2) is 31.2 Å². The Morgan fingerprint density at radius 2 is 2.14 bits per heavy atom. The number of hydrogen-bond acceptors (Lipinski definition) is 5. The van der Waals surface area contributed by atoms with Crippen LogP contribution in [0.3, 0.4) is 0 Å².